The quantitative estimate of drug-likeness (QED) is 0.112. The Balaban J connectivity index is 1.26. The lowest BCUT2D eigenvalue weighted by molar-refractivity contribution is 1.14. The summed E-state index contributed by atoms with van der Waals surface area (Å²) in [6.45, 7) is 0. The third-order valence-corrected chi connectivity index (χ3v) is 18.3. The third kappa shape index (κ3) is 5.27. The first-order chi connectivity index (χ1) is 31.8. The summed E-state index contributed by atoms with van der Waals surface area (Å²) in [6.07, 6.45) is 0. The SMILES string of the molecule is c1ccc(-n2c3ccccc3c3cccc([Si](c4ccccc4)(c4ccccc4)c4cc(-n5c6ccccc6c6ccccc65)cc(-n5c6ccccc6c6ccccc65)c4)c32)cc1. The molecule has 0 N–H and O–H groups in total. The maximum Gasteiger partial charge on any atom is 0.182 e. The molecule has 3 nitrogen and oxygen atoms in total. The lowest BCUT2D eigenvalue weighted by Gasteiger charge is -2.36. The van der Waals surface area contributed by atoms with Crippen LogP contribution in [0.4, 0.5) is 0 Å². The van der Waals surface area contributed by atoms with Crippen molar-refractivity contribution in [2.24, 2.45) is 0 Å². The van der Waals surface area contributed by atoms with Gasteiger partial charge in [-0.05, 0) is 81.4 Å². The number of para-hydroxylation sites is 7. The van der Waals surface area contributed by atoms with Gasteiger partial charge in [0, 0.05) is 49.4 Å². The van der Waals surface area contributed by atoms with Gasteiger partial charge in [-0.2, -0.15) is 0 Å². The number of nitrogens with zero attached hydrogens (tertiary/aromatic N) is 3. The molecular weight excluding hydrogens is 791 g/mol. The van der Waals surface area contributed by atoms with Gasteiger partial charge in [0.25, 0.3) is 0 Å². The average molecular weight is 832 g/mol. The third-order valence-electron chi connectivity index (χ3n) is 13.5. The van der Waals surface area contributed by atoms with Gasteiger partial charge in [0.15, 0.2) is 8.07 Å². The van der Waals surface area contributed by atoms with E-state index in [4.69, 9.17) is 0 Å². The maximum atomic E-state index is 2.54. The summed E-state index contributed by atoms with van der Waals surface area (Å²) >= 11 is 0. The largest absolute Gasteiger partial charge is 0.309 e. The predicted octanol–water partition coefficient (Wildman–Crippen LogP) is 12.4. The van der Waals surface area contributed by atoms with Crippen LogP contribution in [0.25, 0.3) is 82.5 Å². The molecule has 0 aliphatic rings. The molecule has 0 fully saturated rings. The predicted molar refractivity (Wildman–Crippen MR) is 273 cm³/mol. The van der Waals surface area contributed by atoms with Gasteiger partial charge >= 0.3 is 0 Å². The van der Waals surface area contributed by atoms with Crippen molar-refractivity contribution in [3.05, 3.63) is 249 Å². The van der Waals surface area contributed by atoms with Crippen molar-refractivity contribution in [1.29, 1.82) is 0 Å². The van der Waals surface area contributed by atoms with E-state index in [2.05, 4.69) is 262 Å². The molecule has 0 saturated carbocycles. The van der Waals surface area contributed by atoms with Crippen molar-refractivity contribution < 1.29 is 0 Å². The zero-order valence-electron chi connectivity index (χ0n) is 35.0. The average Bonchev–Trinajstić information content (AvgIpc) is 4.02. The van der Waals surface area contributed by atoms with Crippen LogP contribution in [0.2, 0.25) is 0 Å². The molecule has 64 heavy (non-hydrogen) atoms. The van der Waals surface area contributed by atoms with E-state index in [1.165, 1.54) is 86.2 Å². The van der Waals surface area contributed by atoms with Gasteiger partial charge in [-0.1, -0.05) is 188 Å². The van der Waals surface area contributed by atoms with Crippen LogP contribution < -0.4 is 20.7 Å². The van der Waals surface area contributed by atoms with E-state index in [1.54, 1.807) is 0 Å². The number of rotatable bonds is 7. The van der Waals surface area contributed by atoms with Crippen LogP contribution in [-0.4, -0.2) is 21.8 Å². The van der Waals surface area contributed by atoms with E-state index in [-0.39, 0.29) is 0 Å². The zero-order chi connectivity index (χ0) is 42.2. The Morgan fingerprint density at radius 1 is 0.234 bits per heavy atom. The Kier molecular flexibility index (Phi) is 8.23. The van der Waals surface area contributed by atoms with Crippen molar-refractivity contribution in [2.45, 2.75) is 0 Å². The number of aromatic nitrogens is 3. The number of benzene rings is 10. The molecule has 3 heterocycles. The Morgan fingerprint density at radius 2 is 0.578 bits per heavy atom. The van der Waals surface area contributed by atoms with Crippen molar-refractivity contribution in [3.8, 4) is 17.1 Å². The van der Waals surface area contributed by atoms with Crippen molar-refractivity contribution >= 4 is 94.2 Å². The maximum absolute atomic E-state index is 3.30. The molecule has 3 aromatic heterocycles. The summed E-state index contributed by atoms with van der Waals surface area (Å²) in [6, 6.07) is 92.8. The van der Waals surface area contributed by atoms with Gasteiger partial charge in [0.05, 0.1) is 33.1 Å². The molecule has 0 bridgehead atoms. The van der Waals surface area contributed by atoms with Gasteiger partial charge in [0.2, 0.25) is 0 Å². The Morgan fingerprint density at radius 3 is 1.02 bits per heavy atom. The van der Waals surface area contributed by atoms with Gasteiger partial charge in [-0.3, -0.25) is 0 Å². The highest BCUT2D eigenvalue weighted by Crippen LogP contribution is 2.37. The van der Waals surface area contributed by atoms with Crippen molar-refractivity contribution in [2.75, 3.05) is 0 Å². The Hall–Kier alpha value is -8.18. The highest BCUT2D eigenvalue weighted by molar-refractivity contribution is 7.20. The van der Waals surface area contributed by atoms with E-state index in [1.807, 2.05) is 0 Å². The molecule has 0 aliphatic carbocycles. The van der Waals surface area contributed by atoms with Crippen LogP contribution >= 0.6 is 0 Å². The van der Waals surface area contributed by atoms with Gasteiger partial charge in [0.1, 0.15) is 0 Å². The minimum absolute atomic E-state index is 1.13. The van der Waals surface area contributed by atoms with Crippen LogP contribution in [-0.2, 0) is 0 Å². The molecule has 0 unspecified atom stereocenters. The Labute approximate surface area is 372 Å². The van der Waals surface area contributed by atoms with E-state index in [0.29, 0.717) is 0 Å². The lowest BCUT2D eigenvalue weighted by atomic mass is 10.1. The standard InChI is InChI=1S/C60H41N3Si/c1-4-21-42(22-5-1)63-58-37-19-14-31-52(58)53-32-20-38-59(60(53)63)64(45-23-6-2-7-24-45,46-25-8-3-9-26-46)47-40-43(61-54-33-15-10-27-48(54)49-28-11-16-34-55(49)61)39-44(41-47)62-56-35-17-12-29-50(56)51-30-13-18-36-57(51)62/h1-41H. The molecule has 0 saturated heterocycles. The van der Waals surface area contributed by atoms with Crippen LogP contribution in [0.15, 0.2) is 249 Å². The monoisotopic (exact) mass is 831 g/mol. The molecule has 0 radical (unpaired) electrons. The molecule has 0 spiro atoms. The summed E-state index contributed by atoms with van der Waals surface area (Å²) in [5, 5.41) is 12.8. The van der Waals surface area contributed by atoms with Gasteiger partial charge < -0.3 is 13.7 Å². The molecule has 0 aliphatic heterocycles. The molecule has 0 amide bonds. The molecule has 13 aromatic rings. The number of fused-ring (bicyclic) bond motifs is 9. The van der Waals surface area contributed by atoms with Crippen LogP contribution in [0.5, 0.6) is 0 Å². The van der Waals surface area contributed by atoms with Crippen LogP contribution in [0, 0.1) is 0 Å². The first-order valence-corrected chi connectivity index (χ1v) is 24.1. The fourth-order valence-electron chi connectivity index (χ4n) is 11.0. The molecule has 10 aromatic carbocycles. The first-order valence-electron chi connectivity index (χ1n) is 22.1. The molecule has 4 heteroatoms. The smallest absolute Gasteiger partial charge is 0.182 e. The van der Waals surface area contributed by atoms with Crippen molar-refractivity contribution in [3.63, 3.8) is 0 Å². The summed E-state index contributed by atoms with van der Waals surface area (Å²) < 4.78 is 7.53. The minimum atomic E-state index is -3.30. The Bertz CT molecular complexity index is 3620. The van der Waals surface area contributed by atoms with Crippen LogP contribution in [0.3, 0.4) is 0 Å². The number of hydrogen-bond acceptors (Lipinski definition) is 0. The summed E-state index contributed by atoms with van der Waals surface area (Å²) in [7, 11) is -3.30. The molecule has 13 rings (SSSR count). The second-order valence-electron chi connectivity index (χ2n) is 16.8. The molecule has 300 valence electrons. The first kappa shape index (κ1) is 36.5. The highest BCUT2D eigenvalue weighted by Gasteiger charge is 2.44. The summed E-state index contributed by atoms with van der Waals surface area (Å²) in [5.74, 6) is 0. The van der Waals surface area contributed by atoms with E-state index >= 15 is 0 Å². The normalized spacial score (nSPS) is 12.1. The number of hydrogen-bond donors (Lipinski definition) is 0. The zero-order valence-corrected chi connectivity index (χ0v) is 36.0. The fraction of sp³-hybridized carbons (Fsp3) is 0. The van der Waals surface area contributed by atoms with E-state index in [9.17, 15) is 0 Å². The topological polar surface area (TPSA) is 14.8 Å². The second kappa shape index (κ2) is 14.5. The lowest BCUT2D eigenvalue weighted by Crippen LogP contribution is -2.75. The van der Waals surface area contributed by atoms with E-state index in [0.717, 1.165) is 17.1 Å². The van der Waals surface area contributed by atoms with E-state index < -0.39 is 8.07 Å². The van der Waals surface area contributed by atoms with Gasteiger partial charge in [-0.25, -0.2) is 0 Å². The molecule has 0 atom stereocenters. The summed E-state index contributed by atoms with van der Waals surface area (Å²) in [5.41, 5.74) is 10.6. The minimum Gasteiger partial charge on any atom is -0.309 e. The highest BCUT2D eigenvalue weighted by atomic mass is 28.3. The second-order valence-corrected chi connectivity index (χ2v) is 20.6. The van der Waals surface area contributed by atoms with Crippen molar-refractivity contribution in [1.82, 2.24) is 13.7 Å². The van der Waals surface area contributed by atoms with Gasteiger partial charge in [-0.15, -0.1) is 0 Å². The van der Waals surface area contributed by atoms with Crippen LogP contribution in [0.1, 0.15) is 0 Å². The summed E-state index contributed by atoms with van der Waals surface area (Å²) in [4.78, 5) is 0. The fourth-order valence-corrected chi connectivity index (χ4v) is 16.0. The molecular formula is C60H41N3Si.